The number of nitrogens with one attached hydrogen (secondary N) is 2. The highest BCUT2D eigenvalue weighted by Crippen LogP contribution is 2.22. The van der Waals surface area contributed by atoms with Crippen LogP contribution in [-0.4, -0.2) is 40.9 Å². The number of methoxy groups -OCH3 is 1. The molecule has 1 aliphatic rings. The van der Waals surface area contributed by atoms with Crippen LogP contribution >= 0.6 is 35.6 Å². The molecule has 2 heterocycles. The van der Waals surface area contributed by atoms with E-state index in [1.165, 1.54) is 0 Å². The predicted molar refractivity (Wildman–Crippen MR) is 109 cm³/mol. The molecule has 3 rings (SSSR count). The van der Waals surface area contributed by atoms with Gasteiger partial charge in [0.1, 0.15) is 17.9 Å². The van der Waals surface area contributed by atoms with Gasteiger partial charge in [-0.3, -0.25) is 4.99 Å². The number of fused-ring (bicyclic) bond motifs is 1. The van der Waals surface area contributed by atoms with E-state index in [0.29, 0.717) is 11.6 Å². The number of halogens is 2. The minimum absolute atomic E-state index is 0. The zero-order chi connectivity index (χ0) is 16.9. The second-order valence-corrected chi connectivity index (χ2v) is 6.06. The third-order valence-corrected chi connectivity index (χ3v) is 4.30. The first-order valence-corrected chi connectivity index (χ1v) is 8.23. The Balaban J connectivity index is 0.00000225. The molecule has 2 aromatic rings. The van der Waals surface area contributed by atoms with Crippen LogP contribution in [0.4, 0.5) is 0 Å². The highest BCUT2D eigenvalue weighted by atomic mass is 127. The number of benzene rings is 1. The topological polar surface area (TPSA) is 76.4 Å². The van der Waals surface area contributed by atoms with Crippen LogP contribution in [0.2, 0.25) is 5.02 Å². The lowest BCUT2D eigenvalue weighted by atomic mass is 10.1. The summed E-state index contributed by atoms with van der Waals surface area (Å²) < 4.78 is 7.31. The van der Waals surface area contributed by atoms with Crippen molar-refractivity contribution in [3.05, 3.63) is 40.9 Å². The molecule has 0 saturated heterocycles. The van der Waals surface area contributed by atoms with Crippen molar-refractivity contribution >= 4 is 41.5 Å². The second kappa shape index (κ2) is 9.23. The number of hydrogen-bond donors (Lipinski definition) is 2. The molecule has 0 amide bonds. The van der Waals surface area contributed by atoms with Gasteiger partial charge in [-0.1, -0.05) is 17.7 Å². The highest BCUT2D eigenvalue weighted by molar-refractivity contribution is 14.0. The number of aliphatic imine (C=N–C) groups is 1. The van der Waals surface area contributed by atoms with Gasteiger partial charge < -0.3 is 15.4 Å². The van der Waals surface area contributed by atoms with Gasteiger partial charge in [0.2, 0.25) is 0 Å². The molecule has 0 fully saturated rings. The monoisotopic (exact) mass is 476 g/mol. The van der Waals surface area contributed by atoms with Crippen LogP contribution in [0.3, 0.4) is 0 Å². The third-order valence-electron chi connectivity index (χ3n) is 4.07. The Bertz CT molecular complexity index is 735. The standard InChI is InChI=1S/C16H21ClN6O.HI/c1-18-16(19-8-11-3-4-12(17)7-14(11)24-2)22-13-5-6-15-20-10-21-23(15)9-13;/h3-4,7,10,13H,5-6,8-9H2,1-2H3,(H2,18,19,22);1H. The van der Waals surface area contributed by atoms with Gasteiger partial charge >= 0.3 is 0 Å². The Morgan fingerprint density at radius 1 is 1.48 bits per heavy atom. The number of aryl methyl sites for hydroxylation is 1. The summed E-state index contributed by atoms with van der Waals surface area (Å²) in [7, 11) is 3.40. The van der Waals surface area contributed by atoms with Gasteiger partial charge in [0.05, 0.1) is 13.7 Å². The van der Waals surface area contributed by atoms with E-state index in [0.717, 1.165) is 42.5 Å². The number of nitrogens with zero attached hydrogens (tertiary/aromatic N) is 4. The molecule has 1 unspecified atom stereocenters. The molecule has 0 saturated carbocycles. The number of ether oxygens (including phenoxy) is 1. The summed E-state index contributed by atoms with van der Waals surface area (Å²) in [4.78, 5) is 8.54. The van der Waals surface area contributed by atoms with Gasteiger partial charge in [-0.2, -0.15) is 5.10 Å². The summed E-state index contributed by atoms with van der Waals surface area (Å²) in [5, 5.41) is 11.7. The Morgan fingerprint density at radius 2 is 2.32 bits per heavy atom. The zero-order valence-electron chi connectivity index (χ0n) is 14.2. The summed E-state index contributed by atoms with van der Waals surface area (Å²) in [6.07, 6.45) is 3.53. The van der Waals surface area contributed by atoms with Crippen molar-refractivity contribution in [2.24, 2.45) is 4.99 Å². The highest BCUT2D eigenvalue weighted by Gasteiger charge is 2.20. The van der Waals surface area contributed by atoms with Crippen molar-refractivity contribution in [2.45, 2.75) is 32.0 Å². The minimum Gasteiger partial charge on any atom is -0.496 e. The lowest BCUT2D eigenvalue weighted by Gasteiger charge is -2.25. The predicted octanol–water partition coefficient (Wildman–Crippen LogP) is 2.24. The molecule has 0 aliphatic carbocycles. The molecule has 1 aromatic carbocycles. The molecule has 1 atom stereocenters. The number of guanidine groups is 1. The molecule has 0 spiro atoms. The van der Waals surface area contributed by atoms with Gasteiger partial charge in [0.25, 0.3) is 0 Å². The van der Waals surface area contributed by atoms with E-state index in [-0.39, 0.29) is 30.0 Å². The van der Waals surface area contributed by atoms with E-state index in [9.17, 15) is 0 Å². The summed E-state index contributed by atoms with van der Waals surface area (Å²) in [6, 6.07) is 5.88. The first-order valence-electron chi connectivity index (χ1n) is 7.86. The average Bonchev–Trinajstić information content (AvgIpc) is 3.07. The number of aromatic nitrogens is 3. The fourth-order valence-electron chi connectivity index (χ4n) is 2.79. The molecule has 2 N–H and O–H groups in total. The van der Waals surface area contributed by atoms with Gasteiger partial charge in [-0.25, -0.2) is 9.67 Å². The molecular formula is C16H22ClIN6O. The smallest absolute Gasteiger partial charge is 0.191 e. The van der Waals surface area contributed by atoms with Crippen molar-refractivity contribution in [3.63, 3.8) is 0 Å². The largest absolute Gasteiger partial charge is 0.496 e. The molecule has 7 nitrogen and oxygen atoms in total. The van der Waals surface area contributed by atoms with Crippen LogP contribution in [0.5, 0.6) is 5.75 Å². The second-order valence-electron chi connectivity index (χ2n) is 5.62. The van der Waals surface area contributed by atoms with Crippen molar-refractivity contribution in [1.82, 2.24) is 25.4 Å². The molecule has 9 heteroatoms. The van der Waals surface area contributed by atoms with Crippen molar-refractivity contribution in [1.29, 1.82) is 0 Å². The van der Waals surface area contributed by atoms with Gasteiger partial charge in [0, 0.05) is 36.6 Å². The fraction of sp³-hybridized carbons (Fsp3) is 0.438. The Labute approximate surface area is 169 Å². The number of rotatable bonds is 4. The van der Waals surface area contributed by atoms with Gasteiger partial charge in [-0.05, 0) is 18.6 Å². The first kappa shape index (κ1) is 19.8. The van der Waals surface area contributed by atoms with E-state index >= 15 is 0 Å². The summed E-state index contributed by atoms with van der Waals surface area (Å²) in [5.74, 6) is 2.55. The molecule has 0 bridgehead atoms. The molecule has 0 radical (unpaired) electrons. The van der Waals surface area contributed by atoms with Gasteiger partial charge in [-0.15, -0.1) is 24.0 Å². The minimum atomic E-state index is 0. The molecule has 1 aromatic heterocycles. The van der Waals surface area contributed by atoms with Gasteiger partial charge in [0.15, 0.2) is 5.96 Å². The van der Waals surface area contributed by atoms with E-state index in [2.05, 4.69) is 25.7 Å². The summed E-state index contributed by atoms with van der Waals surface area (Å²) in [6.45, 7) is 1.39. The maximum atomic E-state index is 6.00. The van der Waals surface area contributed by atoms with Crippen LogP contribution in [0.1, 0.15) is 17.8 Å². The Morgan fingerprint density at radius 3 is 3.08 bits per heavy atom. The Kier molecular flexibility index (Phi) is 7.30. The first-order chi connectivity index (χ1) is 11.7. The maximum absolute atomic E-state index is 6.00. The quantitative estimate of drug-likeness (QED) is 0.402. The van der Waals surface area contributed by atoms with Crippen LogP contribution in [0.25, 0.3) is 0 Å². The van der Waals surface area contributed by atoms with Crippen molar-refractivity contribution in [2.75, 3.05) is 14.2 Å². The lowest BCUT2D eigenvalue weighted by molar-refractivity contribution is 0.392. The van der Waals surface area contributed by atoms with Crippen LogP contribution in [-0.2, 0) is 19.5 Å². The average molecular weight is 477 g/mol. The van der Waals surface area contributed by atoms with E-state index < -0.39 is 0 Å². The van der Waals surface area contributed by atoms with E-state index in [1.54, 1.807) is 20.5 Å². The van der Waals surface area contributed by atoms with E-state index in [1.807, 2.05) is 22.9 Å². The molecule has 25 heavy (non-hydrogen) atoms. The van der Waals surface area contributed by atoms with Crippen molar-refractivity contribution in [3.8, 4) is 5.75 Å². The van der Waals surface area contributed by atoms with Crippen LogP contribution in [0.15, 0.2) is 29.5 Å². The maximum Gasteiger partial charge on any atom is 0.191 e. The summed E-state index contributed by atoms with van der Waals surface area (Å²) >= 11 is 6.00. The number of hydrogen-bond acceptors (Lipinski definition) is 4. The molecule has 136 valence electrons. The third kappa shape index (κ3) is 4.97. The van der Waals surface area contributed by atoms with Crippen molar-refractivity contribution < 1.29 is 4.74 Å². The van der Waals surface area contributed by atoms with Crippen LogP contribution < -0.4 is 15.4 Å². The molecule has 1 aliphatic heterocycles. The Hall–Kier alpha value is -1.55. The lowest BCUT2D eigenvalue weighted by Crippen LogP contribution is -2.46. The summed E-state index contributed by atoms with van der Waals surface area (Å²) in [5.41, 5.74) is 1.02. The molecular weight excluding hydrogens is 455 g/mol. The SMILES string of the molecule is CN=C(NCc1ccc(Cl)cc1OC)NC1CCc2ncnn2C1.I. The normalized spacial score (nSPS) is 16.6. The fourth-order valence-corrected chi connectivity index (χ4v) is 2.95. The zero-order valence-corrected chi connectivity index (χ0v) is 17.3. The van der Waals surface area contributed by atoms with Crippen LogP contribution in [0, 0.1) is 0 Å². The van der Waals surface area contributed by atoms with E-state index in [4.69, 9.17) is 16.3 Å².